The van der Waals surface area contributed by atoms with Gasteiger partial charge < -0.3 is 4.90 Å². The molecule has 21 heavy (non-hydrogen) atoms. The Labute approximate surface area is 126 Å². The molecular weight excluding hydrogens is 267 g/mol. The molecule has 1 aromatic rings. The summed E-state index contributed by atoms with van der Waals surface area (Å²) in [5.74, 6) is 0.472. The van der Waals surface area contributed by atoms with E-state index in [1.165, 1.54) is 44.2 Å². The maximum Gasteiger partial charge on any atom is 0.182 e. The van der Waals surface area contributed by atoms with Gasteiger partial charge in [-0.1, -0.05) is 13.3 Å². The number of halogens is 1. The first-order valence-electron chi connectivity index (χ1n) is 7.95. The number of carbonyl (C=O) groups excluding carboxylic acids is 1. The first kappa shape index (κ1) is 16.1. The van der Waals surface area contributed by atoms with Crippen molar-refractivity contribution >= 4 is 5.78 Å². The molecule has 1 aliphatic carbocycles. The zero-order valence-corrected chi connectivity index (χ0v) is 13.0. The van der Waals surface area contributed by atoms with Gasteiger partial charge in [0.2, 0.25) is 0 Å². The summed E-state index contributed by atoms with van der Waals surface area (Å²) in [4.78, 5) is 18.2. The van der Waals surface area contributed by atoms with Crippen molar-refractivity contribution in [3.63, 3.8) is 0 Å². The van der Waals surface area contributed by atoms with Gasteiger partial charge in [-0.15, -0.1) is 0 Å². The molecule has 0 atom stereocenters. The third-order valence-corrected chi connectivity index (χ3v) is 4.72. The molecule has 0 spiro atoms. The molecule has 0 saturated heterocycles. The summed E-state index contributed by atoms with van der Waals surface area (Å²) < 4.78 is 12.8. The Kier molecular flexibility index (Phi) is 5.85. The predicted octanol–water partition coefficient (Wildman–Crippen LogP) is 3.69. The molecular formula is C17H25FN2O. The number of nitrogens with zero attached hydrogens (tertiary/aromatic N) is 2. The molecule has 1 aliphatic rings. The first-order valence-corrected chi connectivity index (χ1v) is 7.95. The lowest BCUT2D eigenvalue weighted by Gasteiger charge is -2.34. The predicted molar refractivity (Wildman–Crippen MR) is 81.8 cm³/mol. The number of pyridine rings is 1. The van der Waals surface area contributed by atoms with Crippen LogP contribution in [0.25, 0.3) is 0 Å². The fourth-order valence-corrected chi connectivity index (χ4v) is 3.12. The number of hydrogen-bond donors (Lipinski definition) is 0. The Morgan fingerprint density at radius 3 is 2.62 bits per heavy atom. The minimum atomic E-state index is -0.406. The van der Waals surface area contributed by atoms with Crippen LogP contribution in [0, 0.1) is 11.7 Å². The van der Waals surface area contributed by atoms with E-state index in [-0.39, 0.29) is 5.78 Å². The van der Waals surface area contributed by atoms with Crippen LogP contribution in [0.4, 0.5) is 4.39 Å². The van der Waals surface area contributed by atoms with E-state index in [4.69, 9.17) is 0 Å². The molecule has 1 fully saturated rings. The highest BCUT2D eigenvalue weighted by Crippen LogP contribution is 2.28. The molecule has 4 heteroatoms. The number of carbonyl (C=O) groups is 1. The molecule has 1 heterocycles. The number of rotatable bonds is 6. The van der Waals surface area contributed by atoms with Crippen molar-refractivity contribution in [1.82, 2.24) is 9.88 Å². The third kappa shape index (κ3) is 4.60. The van der Waals surface area contributed by atoms with Crippen molar-refractivity contribution in [2.75, 3.05) is 13.6 Å². The number of ketones is 1. The molecule has 0 amide bonds. The van der Waals surface area contributed by atoms with Gasteiger partial charge in [0.25, 0.3) is 0 Å². The average molecular weight is 292 g/mol. The van der Waals surface area contributed by atoms with Gasteiger partial charge in [0, 0.05) is 19.0 Å². The van der Waals surface area contributed by atoms with E-state index in [0.717, 1.165) is 18.7 Å². The van der Waals surface area contributed by atoms with E-state index < -0.39 is 5.82 Å². The summed E-state index contributed by atoms with van der Waals surface area (Å²) in [6.45, 7) is 3.02. The van der Waals surface area contributed by atoms with Crippen LogP contribution in [-0.2, 0) is 0 Å². The maximum absolute atomic E-state index is 12.8. The Balaban J connectivity index is 1.77. The van der Waals surface area contributed by atoms with E-state index in [9.17, 15) is 9.18 Å². The van der Waals surface area contributed by atoms with Gasteiger partial charge in [0.1, 0.15) is 11.5 Å². The maximum atomic E-state index is 12.8. The second-order valence-corrected chi connectivity index (χ2v) is 6.10. The zero-order valence-electron chi connectivity index (χ0n) is 13.0. The Bertz CT molecular complexity index is 452. The highest BCUT2D eigenvalue weighted by molar-refractivity contribution is 5.94. The van der Waals surface area contributed by atoms with Gasteiger partial charge >= 0.3 is 0 Å². The quantitative estimate of drug-likeness (QED) is 0.750. The second-order valence-electron chi connectivity index (χ2n) is 6.10. The number of aromatic nitrogens is 1. The molecule has 1 saturated carbocycles. The minimum Gasteiger partial charge on any atom is -0.303 e. The summed E-state index contributed by atoms with van der Waals surface area (Å²) in [7, 11) is 2.10. The topological polar surface area (TPSA) is 33.2 Å². The SMILES string of the molecule is CCC1CCC(N(C)CCC(=O)c2ccc(F)cn2)CC1. The van der Waals surface area contributed by atoms with Crippen molar-refractivity contribution in [3.05, 3.63) is 29.8 Å². The molecule has 0 aromatic carbocycles. The van der Waals surface area contributed by atoms with Gasteiger partial charge in [-0.05, 0) is 50.8 Å². The van der Waals surface area contributed by atoms with E-state index in [1.807, 2.05) is 0 Å². The van der Waals surface area contributed by atoms with Crippen molar-refractivity contribution in [2.24, 2.45) is 5.92 Å². The molecule has 1 aromatic heterocycles. The highest BCUT2D eigenvalue weighted by Gasteiger charge is 2.23. The van der Waals surface area contributed by atoms with Crippen LogP contribution in [-0.4, -0.2) is 35.3 Å². The minimum absolute atomic E-state index is 0.0101. The van der Waals surface area contributed by atoms with Gasteiger partial charge in [0.05, 0.1) is 6.20 Å². The lowest BCUT2D eigenvalue weighted by atomic mass is 9.84. The Morgan fingerprint density at radius 2 is 2.05 bits per heavy atom. The first-order chi connectivity index (χ1) is 10.1. The largest absolute Gasteiger partial charge is 0.303 e. The standard InChI is InChI=1S/C17H25FN2O/c1-3-13-4-7-15(8-5-13)20(2)11-10-17(21)16-9-6-14(18)12-19-16/h6,9,12-13,15H,3-5,7-8,10-11H2,1-2H3. The van der Waals surface area contributed by atoms with Crippen molar-refractivity contribution < 1.29 is 9.18 Å². The number of Topliss-reactive ketones (excluding diaryl/α,β-unsaturated/α-hetero) is 1. The number of hydrogen-bond acceptors (Lipinski definition) is 3. The summed E-state index contributed by atoms with van der Waals surface area (Å²) in [6.07, 6.45) is 7.91. The lowest BCUT2D eigenvalue weighted by molar-refractivity contribution is 0.0941. The zero-order chi connectivity index (χ0) is 15.2. The van der Waals surface area contributed by atoms with Crippen LogP contribution in [0.3, 0.4) is 0 Å². The van der Waals surface area contributed by atoms with Gasteiger partial charge in [-0.2, -0.15) is 0 Å². The summed E-state index contributed by atoms with van der Waals surface area (Å²) in [6, 6.07) is 3.35. The normalized spacial score (nSPS) is 22.5. The van der Waals surface area contributed by atoms with E-state index in [1.54, 1.807) is 0 Å². The van der Waals surface area contributed by atoms with Crippen LogP contribution in [0.2, 0.25) is 0 Å². The lowest BCUT2D eigenvalue weighted by Crippen LogP contribution is -2.36. The van der Waals surface area contributed by atoms with Crippen LogP contribution in [0.5, 0.6) is 0 Å². The fourth-order valence-electron chi connectivity index (χ4n) is 3.12. The Hall–Kier alpha value is -1.29. The molecule has 0 unspecified atom stereocenters. The van der Waals surface area contributed by atoms with E-state index in [2.05, 4.69) is 23.9 Å². The summed E-state index contributed by atoms with van der Waals surface area (Å²) in [5, 5.41) is 0. The smallest absolute Gasteiger partial charge is 0.182 e. The van der Waals surface area contributed by atoms with Crippen LogP contribution in [0.15, 0.2) is 18.3 Å². The summed E-state index contributed by atoms with van der Waals surface area (Å²) >= 11 is 0. The molecule has 116 valence electrons. The van der Waals surface area contributed by atoms with Gasteiger partial charge in [-0.25, -0.2) is 4.39 Å². The highest BCUT2D eigenvalue weighted by atomic mass is 19.1. The van der Waals surface area contributed by atoms with E-state index >= 15 is 0 Å². The average Bonchev–Trinajstić information content (AvgIpc) is 2.53. The van der Waals surface area contributed by atoms with Crippen LogP contribution in [0.1, 0.15) is 55.9 Å². The summed E-state index contributed by atoms with van der Waals surface area (Å²) in [5.41, 5.74) is 0.361. The second kappa shape index (κ2) is 7.64. The van der Waals surface area contributed by atoms with Crippen LogP contribution < -0.4 is 0 Å². The van der Waals surface area contributed by atoms with Gasteiger partial charge in [0.15, 0.2) is 5.78 Å². The molecule has 2 rings (SSSR count). The molecule has 0 N–H and O–H groups in total. The van der Waals surface area contributed by atoms with Crippen molar-refractivity contribution in [3.8, 4) is 0 Å². The van der Waals surface area contributed by atoms with Crippen LogP contribution >= 0.6 is 0 Å². The van der Waals surface area contributed by atoms with Crippen molar-refractivity contribution in [1.29, 1.82) is 0 Å². The van der Waals surface area contributed by atoms with Gasteiger partial charge in [-0.3, -0.25) is 9.78 Å². The van der Waals surface area contributed by atoms with Crippen molar-refractivity contribution in [2.45, 2.75) is 51.5 Å². The monoisotopic (exact) mass is 292 g/mol. The Morgan fingerprint density at radius 1 is 1.33 bits per heavy atom. The molecule has 0 aliphatic heterocycles. The fraction of sp³-hybridized carbons (Fsp3) is 0.647. The van der Waals surface area contributed by atoms with E-state index in [0.29, 0.717) is 18.2 Å². The third-order valence-electron chi connectivity index (χ3n) is 4.72. The molecule has 3 nitrogen and oxygen atoms in total. The molecule has 0 bridgehead atoms. The molecule has 0 radical (unpaired) electrons.